The van der Waals surface area contributed by atoms with Crippen molar-refractivity contribution in [2.75, 3.05) is 6.54 Å². The molecule has 2 amide bonds. The van der Waals surface area contributed by atoms with E-state index in [1.165, 1.54) is 6.92 Å². The number of hydrogen-bond donors (Lipinski definition) is 3. The van der Waals surface area contributed by atoms with Gasteiger partial charge in [-0.05, 0) is 11.7 Å². The molecule has 0 heterocycles. The highest BCUT2D eigenvalue weighted by atomic mass is 16.5. The molecule has 0 saturated heterocycles. The van der Waals surface area contributed by atoms with Crippen LogP contribution in [0.2, 0.25) is 0 Å². The zero-order valence-corrected chi connectivity index (χ0v) is 12.0. The second-order valence-corrected chi connectivity index (χ2v) is 4.45. The largest absolute Gasteiger partial charge is 0.487 e. The van der Waals surface area contributed by atoms with E-state index in [0.29, 0.717) is 6.21 Å². The normalized spacial score (nSPS) is 11.9. The van der Waals surface area contributed by atoms with Crippen molar-refractivity contribution in [1.82, 2.24) is 10.6 Å². The summed E-state index contributed by atoms with van der Waals surface area (Å²) in [6, 6.07) is -1.25. The summed E-state index contributed by atoms with van der Waals surface area (Å²) >= 11 is 0. The fraction of sp³-hybridized carbons (Fsp3) is 0.545. The molecular weight excluding hydrogens is 287 g/mol. The number of ketones is 1. The first kappa shape index (κ1) is 19.9. The maximum atomic E-state index is 11.8. The Bertz CT molecular complexity index is 464. The van der Waals surface area contributed by atoms with E-state index >= 15 is 0 Å². The van der Waals surface area contributed by atoms with Gasteiger partial charge < -0.3 is 20.8 Å². The number of nitrogens with one attached hydrogen (secondary N) is 3. The maximum absolute atomic E-state index is 11.8. The summed E-state index contributed by atoms with van der Waals surface area (Å²) in [6.07, 6.45) is 0.256. The Kier molecular flexibility index (Phi) is 8.22. The van der Waals surface area contributed by atoms with Gasteiger partial charge in [0, 0.05) is 13.3 Å². The minimum atomic E-state index is -2.23. The van der Waals surface area contributed by atoms with Crippen molar-refractivity contribution < 1.29 is 23.9 Å². The second-order valence-electron chi connectivity index (χ2n) is 4.45. The molecule has 6 radical (unpaired) electrons. The Morgan fingerprint density at radius 2 is 1.86 bits per heavy atom. The molecule has 1 unspecified atom stereocenters. The van der Waals surface area contributed by atoms with Crippen molar-refractivity contribution in [1.29, 1.82) is 5.41 Å². The third kappa shape index (κ3) is 9.79. The van der Waals surface area contributed by atoms with Crippen LogP contribution in [0.3, 0.4) is 0 Å². The smallest absolute Gasteiger partial charge is 0.326 e. The van der Waals surface area contributed by atoms with Gasteiger partial charge in [-0.2, -0.15) is 0 Å². The van der Waals surface area contributed by atoms with Gasteiger partial charge in [0.25, 0.3) is 0 Å². The van der Waals surface area contributed by atoms with E-state index in [2.05, 4.69) is 15.4 Å². The number of rotatable bonds is 9. The van der Waals surface area contributed by atoms with Crippen molar-refractivity contribution in [2.45, 2.75) is 31.1 Å². The highest BCUT2D eigenvalue weighted by Crippen LogP contribution is 2.04. The molecule has 112 valence electrons. The maximum Gasteiger partial charge on any atom is 0.326 e. The summed E-state index contributed by atoms with van der Waals surface area (Å²) in [7, 11) is 15.4. The lowest BCUT2D eigenvalue weighted by molar-refractivity contribution is -0.148. The van der Waals surface area contributed by atoms with Crippen molar-refractivity contribution >= 4 is 53.3 Å². The number of amides is 2. The van der Waals surface area contributed by atoms with Gasteiger partial charge in [0.2, 0.25) is 11.8 Å². The molecule has 0 spiro atoms. The monoisotopic (exact) mass is 301 g/mol. The lowest BCUT2D eigenvalue weighted by Crippen LogP contribution is -2.49. The summed E-state index contributed by atoms with van der Waals surface area (Å²) < 4.78 is 4.52. The van der Waals surface area contributed by atoms with Gasteiger partial charge in [-0.3, -0.25) is 14.4 Å². The molecule has 11 heteroatoms. The summed E-state index contributed by atoms with van der Waals surface area (Å²) in [4.78, 5) is 45.2. The zero-order chi connectivity index (χ0) is 17.3. The fourth-order valence-electron chi connectivity index (χ4n) is 1.30. The molecule has 0 aromatic rings. The van der Waals surface area contributed by atoms with Crippen LogP contribution in [0.1, 0.15) is 19.8 Å². The van der Waals surface area contributed by atoms with Crippen LogP contribution < -0.4 is 10.6 Å². The van der Waals surface area contributed by atoms with Gasteiger partial charge in [0.1, 0.15) is 29.6 Å². The molecule has 0 fully saturated rings. The van der Waals surface area contributed by atoms with Crippen LogP contribution >= 0.6 is 0 Å². The SMILES string of the molecule is [B]C([B])([B])OC(=O)C(CCC(=O)C=N)NC(=O)CNC(C)=O. The van der Waals surface area contributed by atoms with Crippen molar-refractivity contribution in [3.8, 4) is 0 Å². The Hall–Kier alpha value is -2.06. The molecule has 0 aliphatic carbocycles. The Morgan fingerprint density at radius 3 is 2.32 bits per heavy atom. The summed E-state index contributed by atoms with van der Waals surface area (Å²) in [5.41, 5.74) is 0. The molecule has 0 aromatic carbocycles. The summed E-state index contributed by atoms with van der Waals surface area (Å²) in [5, 5.41) is 9.03. The van der Waals surface area contributed by atoms with Gasteiger partial charge in [-0.1, -0.05) is 0 Å². The van der Waals surface area contributed by atoms with E-state index in [-0.39, 0.29) is 19.4 Å². The summed E-state index contributed by atoms with van der Waals surface area (Å²) in [5.74, 6) is -2.70. The predicted molar refractivity (Wildman–Crippen MR) is 79.7 cm³/mol. The number of ether oxygens (including phenoxy) is 1. The third-order valence-electron chi connectivity index (χ3n) is 2.24. The van der Waals surface area contributed by atoms with E-state index in [4.69, 9.17) is 28.9 Å². The van der Waals surface area contributed by atoms with Crippen molar-refractivity contribution in [3.05, 3.63) is 0 Å². The number of hydrogen-bond acceptors (Lipinski definition) is 6. The predicted octanol–water partition coefficient (Wildman–Crippen LogP) is -2.73. The Morgan fingerprint density at radius 1 is 1.27 bits per heavy atom. The highest BCUT2D eigenvalue weighted by Gasteiger charge is 2.26. The molecule has 0 aliphatic rings. The van der Waals surface area contributed by atoms with Gasteiger partial charge in [0.15, 0.2) is 5.78 Å². The topological polar surface area (TPSA) is 125 Å². The van der Waals surface area contributed by atoms with Crippen LogP contribution in [0, 0.1) is 5.41 Å². The zero-order valence-electron chi connectivity index (χ0n) is 12.0. The number of Topliss-reactive ketones (excluding diaryl/α,β-unsaturated/α-hetero) is 1. The van der Waals surface area contributed by atoms with Crippen LogP contribution in [-0.2, 0) is 23.9 Å². The molecule has 0 aromatic heterocycles. The third-order valence-corrected chi connectivity index (χ3v) is 2.24. The molecule has 0 saturated carbocycles. The standard InChI is InChI=1S/C11H14B3N3O5/c1-6(18)16-5-9(20)17-8(3-2-7(19)4-15)10(21)22-11(12,13)14/h4,8,15H,2-3,5H2,1H3,(H,16,18)(H,17,20). The van der Waals surface area contributed by atoms with E-state index in [0.717, 1.165) is 0 Å². The van der Waals surface area contributed by atoms with Gasteiger partial charge in [0.05, 0.1) is 12.8 Å². The molecule has 1 atom stereocenters. The minimum Gasteiger partial charge on any atom is -0.487 e. The molecule has 0 bridgehead atoms. The fourth-order valence-corrected chi connectivity index (χ4v) is 1.30. The first-order valence-electron chi connectivity index (χ1n) is 6.21. The van der Waals surface area contributed by atoms with Crippen molar-refractivity contribution in [3.63, 3.8) is 0 Å². The van der Waals surface area contributed by atoms with E-state index in [1.54, 1.807) is 0 Å². The molecule has 3 N–H and O–H groups in total. The second kappa shape index (κ2) is 9.06. The van der Waals surface area contributed by atoms with Gasteiger partial charge >= 0.3 is 5.97 Å². The molecule has 22 heavy (non-hydrogen) atoms. The van der Waals surface area contributed by atoms with E-state index in [9.17, 15) is 19.2 Å². The number of carbonyl (C=O) groups excluding carboxylic acids is 4. The van der Waals surface area contributed by atoms with Crippen molar-refractivity contribution in [2.24, 2.45) is 0 Å². The van der Waals surface area contributed by atoms with Crippen LogP contribution in [-0.4, -0.2) is 71.2 Å². The van der Waals surface area contributed by atoms with E-state index < -0.39 is 34.9 Å². The van der Waals surface area contributed by atoms with Crippen LogP contribution in [0.4, 0.5) is 0 Å². The van der Waals surface area contributed by atoms with E-state index in [1.807, 2.05) is 0 Å². The molecule has 8 nitrogen and oxygen atoms in total. The molecular formula is C11H14B3N3O5. The van der Waals surface area contributed by atoms with Gasteiger partial charge in [-0.15, -0.1) is 0 Å². The minimum absolute atomic E-state index is 0.144. The average Bonchev–Trinajstić information content (AvgIpc) is 2.38. The first-order chi connectivity index (χ1) is 10.0. The highest BCUT2D eigenvalue weighted by molar-refractivity contribution is 6.58. The lowest BCUT2D eigenvalue weighted by atomic mass is 9.52. The summed E-state index contributed by atoms with van der Waals surface area (Å²) in [6.45, 7) is 0.851. The lowest BCUT2D eigenvalue weighted by Gasteiger charge is -2.25. The number of carbonyl (C=O) groups is 4. The molecule has 0 rings (SSSR count). The average molecular weight is 301 g/mol. The first-order valence-corrected chi connectivity index (χ1v) is 6.21. The number of esters is 1. The van der Waals surface area contributed by atoms with Crippen LogP contribution in [0.15, 0.2) is 0 Å². The quantitative estimate of drug-likeness (QED) is 0.242. The van der Waals surface area contributed by atoms with Gasteiger partial charge in [-0.25, -0.2) is 4.79 Å². The Balaban J connectivity index is 4.73. The molecule has 0 aliphatic heterocycles. The van der Waals surface area contributed by atoms with Crippen LogP contribution in [0.5, 0.6) is 0 Å². The Labute approximate surface area is 131 Å². The van der Waals surface area contributed by atoms with Crippen LogP contribution in [0.25, 0.3) is 0 Å².